The van der Waals surface area contributed by atoms with Crippen LogP contribution in [0.15, 0.2) is 12.7 Å². The smallest absolute Gasteiger partial charge is 0.328 e. The van der Waals surface area contributed by atoms with Crippen molar-refractivity contribution in [3.63, 3.8) is 0 Å². The zero-order valence-corrected chi connectivity index (χ0v) is 8.56. The third-order valence-corrected chi connectivity index (χ3v) is 1.68. The number of nitrogens with one attached hydrogen (secondary N) is 2. The normalized spacial score (nSPS) is 13.7. The van der Waals surface area contributed by atoms with Gasteiger partial charge in [0.05, 0.1) is 6.61 Å². The van der Waals surface area contributed by atoms with Crippen LogP contribution in [0.3, 0.4) is 0 Å². The quantitative estimate of drug-likeness (QED) is 0.458. The van der Waals surface area contributed by atoms with Crippen molar-refractivity contribution in [2.24, 2.45) is 0 Å². The van der Waals surface area contributed by atoms with Crippen molar-refractivity contribution in [2.45, 2.75) is 25.4 Å². The number of carbonyl (C=O) groups excluding carboxylic acids is 1. The van der Waals surface area contributed by atoms with Gasteiger partial charge in [0.15, 0.2) is 6.04 Å². The van der Waals surface area contributed by atoms with Gasteiger partial charge in [0.1, 0.15) is 0 Å². The predicted molar refractivity (Wildman–Crippen MR) is 54.5 cm³/mol. The van der Waals surface area contributed by atoms with Crippen LogP contribution in [0, 0.1) is 0 Å². The van der Waals surface area contributed by atoms with Crippen LogP contribution in [0.4, 0.5) is 4.79 Å². The molecule has 0 heterocycles. The molecule has 4 N–H and O–H groups in total. The molecule has 0 saturated heterocycles. The minimum Gasteiger partial charge on any atom is -0.480 e. The summed E-state index contributed by atoms with van der Waals surface area (Å²) in [6.45, 7) is 4.63. The molecule has 0 aliphatic heterocycles. The monoisotopic (exact) mass is 216 g/mol. The zero-order chi connectivity index (χ0) is 11.8. The SMILES string of the molecule is C=CCC(C)NC(=O)NC(CO)C(=O)O. The van der Waals surface area contributed by atoms with Gasteiger partial charge < -0.3 is 20.8 Å². The Morgan fingerprint density at radius 3 is 2.47 bits per heavy atom. The summed E-state index contributed by atoms with van der Waals surface area (Å²) in [5.74, 6) is -1.27. The predicted octanol–water partition coefficient (Wildman–Crippen LogP) is -0.304. The van der Waals surface area contributed by atoms with Crippen LogP contribution in [0.2, 0.25) is 0 Å². The molecule has 0 aromatic rings. The zero-order valence-electron chi connectivity index (χ0n) is 8.56. The number of aliphatic hydroxyl groups excluding tert-OH is 1. The highest BCUT2D eigenvalue weighted by molar-refractivity contribution is 5.82. The van der Waals surface area contributed by atoms with Gasteiger partial charge in [-0.1, -0.05) is 6.08 Å². The Morgan fingerprint density at radius 1 is 1.47 bits per heavy atom. The minimum atomic E-state index is -1.28. The van der Waals surface area contributed by atoms with E-state index in [1.165, 1.54) is 0 Å². The number of amides is 2. The second-order valence-corrected chi connectivity index (χ2v) is 3.12. The first-order valence-corrected chi connectivity index (χ1v) is 4.52. The van der Waals surface area contributed by atoms with E-state index in [0.717, 1.165) is 0 Å². The fourth-order valence-electron chi connectivity index (χ4n) is 0.918. The molecule has 15 heavy (non-hydrogen) atoms. The number of rotatable bonds is 6. The van der Waals surface area contributed by atoms with Gasteiger partial charge in [0, 0.05) is 6.04 Å². The van der Waals surface area contributed by atoms with Crippen LogP contribution in [0.25, 0.3) is 0 Å². The average molecular weight is 216 g/mol. The van der Waals surface area contributed by atoms with Gasteiger partial charge >= 0.3 is 12.0 Å². The lowest BCUT2D eigenvalue weighted by atomic mass is 10.2. The van der Waals surface area contributed by atoms with Crippen molar-refractivity contribution < 1.29 is 19.8 Å². The van der Waals surface area contributed by atoms with Crippen LogP contribution >= 0.6 is 0 Å². The molecule has 0 aromatic heterocycles. The molecule has 0 aliphatic carbocycles. The lowest BCUT2D eigenvalue weighted by Gasteiger charge is -2.15. The molecule has 6 nitrogen and oxygen atoms in total. The van der Waals surface area contributed by atoms with Crippen LogP contribution in [-0.4, -0.2) is 40.9 Å². The summed E-state index contributed by atoms with van der Waals surface area (Å²) in [7, 11) is 0. The molecule has 0 rings (SSSR count). The maximum Gasteiger partial charge on any atom is 0.328 e. The molecule has 0 fully saturated rings. The summed E-state index contributed by atoms with van der Waals surface area (Å²) >= 11 is 0. The molecule has 2 unspecified atom stereocenters. The van der Waals surface area contributed by atoms with Gasteiger partial charge in [-0.15, -0.1) is 6.58 Å². The largest absolute Gasteiger partial charge is 0.480 e. The second-order valence-electron chi connectivity index (χ2n) is 3.12. The molecule has 0 saturated carbocycles. The highest BCUT2D eigenvalue weighted by Crippen LogP contribution is 1.90. The molecule has 0 aromatic carbocycles. The molecule has 0 radical (unpaired) electrons. The molecule has 0 bridgehead atoms. The van der Waals surface area contributed by atoms with Gasteiger partial charge in [-0.05, 0) is 13.3 Å². The first-order chi connectivity index (χ1) is 7.01. The van der Waals surface area contributed by atoms with Crippen molar-refractivity contribution in [3.8, 4) is 0 Å². The number of urea groups is 1. The van der Waals surface area contributed by atoms with E-state index in [0.29, 0.717) is 6.42 Å². The average Bonchev–Trinajstić information content (AvgIpc) is 2.13. The van der Waals surface area contributed by atoms with Crippen molar-refractivity contribution in [1.82, 2.24) is 10.6 Å². The Labute approximate surface area is 88.0 Å². The third kappa shape index (κ3) is 5.69. The molecule has 2 atom stereocenters. The summed E-state index contributed by atoms with van der Waals surface area (Å²) < 4.78 is 0. The van der Waals surface area contributed by atoms with E-state index in [1.54, 1.807) is 13.0 Å². The van der Waals surface area contributed by atoms with E-state index in [-0.39, 0.29) is 6.04 Å². The first-order valence-electron chi connectivity index (χ1n) is 4.52. The number of hydrogen-bond acceptors (Lipinski definition) is 3. The van der Waals surface area contributed by atoms with Crippen LogP contribution in [0.5, 0.6) is 0 Å². The number of aliphatic carboxylic acids is 1. The summed E-state index contributed by atoms with van der Waals surface area (Å²) in [6, 6.07) is -2.03. The highest BCUT2D eigenvalue weighted by Gasteiger charge is 2.18. The van der Waals surface area contributed by atoms with Gasteiger partial charge in [-0.3, -0.25) is 0 Å². The van der Waals surface area contributed by atoms with Crippen molar-refractivity contribution in [1.29, 1.82) is 0 Å². The molecular formula is C9H16N2O4. The number of hydrogen-bond donors (Lipinski definition) is 4. The van der Waals surface area contributed by atoms with Crippen molar-refractivity contribution in [3.05, 3.63) is 12.7 Å². The molecule has 86 valence electrons. The Bertz CT molecular complexity index is 242. The summed E-state index contributed by atoms with van der Waals surface area (Å²) in [5, 5.41) is 21.8. The van der Waals surface area contributed by atoms with E-state index < -0.39 is 24.6 Å². The van der Waals surface area contributed by atoms with Gasteiger partial charge in [-0.25, -0.2) is 9.59 Å². The van der Waals surface area contributed by atoms with Crippen LogP contribution in [0.1, 0.15) is 13.3 Å². The van der Waals surface area contributed by atoms with Gasteiger partial charge in [0.2, 0.25) is 0 Å². The number of carboxylic acids is 1. The van der Waals surface area contributed by atoms with Crippen LogP contribution < -0.4 is 10.6 Å². The molecule has 2 amide bonds. The third-order valence-electron chi connectivity index (χ3n) is 1.68. The number of carbonyl (C=O) groups is 2. The first kappa shape index (κ1) is 13.4. The fraction of sp³-hybridized carbons (Fsp3) is 0.556. The van der Waals surface area contributed by atoms with Gasteiger partial charge in [0.25, 0.3) is 0 Å². The van der Waals surface area contributed by atoms with Crippen molar-refractivity contribution in [2.75, 3.05) is 6.61 Å². The lowest BCUT2D eigenvalue weighted by molar-refractivity contribution is -0.140. The molecule has 0 aliphatic rings. The highest BCUT2D eigenvalue weighted by atomic mass is 16.4. The van der Waals surface area contributed by atoms with E-state index in [4.69, 9.17) is 10.2 Å². The fourth-order valence-corrected chi connectivity index (χ4v) is 0.918. The summed E-state index contributed by atoms with van der Waals surface area (Å²) in [6.07, 6.45) is 2.23. The summed E-state index contributed by atoms with van der Waals surface area (Å²) in [5.41, 5.74) is 0. The molecule has 6 heteroatoms. The van der Waals surface area contributed by atoms with E-state index in [9.17, 15) is 9.59 Å². The maximum absolute atomic E-state index is 11.2. The number of aliphatic hydroxyl groups is 1. The molecule has 0 spiro atoms. The Morgan fingerprint density at radius 2 is 2.07 bits per heavy atom. The van der Waals surface area contributed by atoms with Gasteiger partial charge in [-0.2, -0.15) is 0 Å². The minimum absolute atomic E-state index is 0.129. The van der Waals surface area contributed by atoms with E-state index in [1.807, 2.05) is 0 Å². The van der Waals surface area contributed by atoms with E-state index >= 15 is 0 Å². The topological polar surface area (TPSA) is 98.7 Å². The Hall–Kier alpha value is -1.56. The van der Waals surface area contributed by atoms with Crippen molar-refractivity contribution >= 4 is 12.0 Å². The Kier molecular flexibility index (Phi) is 6.12. The lowest BCUT2D eigenvalue weighted by Crippen LogP contribution is -2.49. The number of carboxylic acid groups (broad SMARTS) is 1. The second kappa shape index (κ2) is 6.83. The standard InChI is InChI=1S/C9H16N2O4/c1-3-4-6(2)10-9(15)11-7(5-12)8(13)14/h3,6-7,12H,1,4-5H2,2H3,(H,13,14)(H2,10,11,15). The van der Waals surface area contributed by atoms with E-state index in [2.05, 4.69) is 17.2 Å². The Balaban J connectivity index is 4.01. The summed E-state index contributed by atoms with van der Waals surface area (Å²) in [4.78, 5) is 21.6. The molecular weight excluding hydrogens is 200 g/mol. The van der Waals surface area contributed by atoms with Crippen LogP contribution in [-0.2, 0) is 4.79 Å². The maximum atomic E-state index is 11.2.